The van der Waals surface area contributed by atoms with Crippen LogP contribution in [0, 0.1) is 0 Å². The van der Waals surface area contributed by atoms with E-state index in [1.807, 2.05) is 0 Å². The summed E-state index contributed by atoms with van der Waals surface area (Å²) in [5.74, 6) is -0.259. The molecule has 0 aliphatic carbocycles. The average Bonchev–Trinajstić information content (AvgIpc) is 2.34. The van der Waals surface area contributed by atoms with E-state index in [0.717, 1.165) is 0 Å². The van der Waals surface area contributed by atoms with E-state index in [2.05, 4.69) is 20.8 Å². The number of tetrazole rings is 1. The highest BCUT2D eigenvalue weighted by Gasteiger charge is 2.35. The third-order valence-corrected chi connectivity index (χ3v) is 1.11. The fourth-order valence-electron chi connectivity index (χ4n) is 0.671. The lowest BCUT2D eigenvalue weighted by molar-refractivity contribution is -0.214. The van der Waals surface area contributed by atoms with Crippen molar-refractivity contribution in [3.63, 3.8) is 0 Å². The van der Waals surface area contributed by atoms with Crippen LogP contribution in [-0.4, -0.2) is 27.3 Å². The Morgan fingerprint density at radius 1 is 1.50 bits per heavy atom. The molecule has 0 aliphatic heterocycles. The van der Waals surface area contributed by atoms with E-state index >= 15 is 0 Å². The first-order chi connectivity index (χ1) is 5.55. The molecule has 1 N–H and O–H groups in total. The molecule has 5 nitrogen and oxygen atoms in total. The second-order valence-electron chi connectivity index (χ2n) is 2.01. The molecule has 0 fully saturated rings. The Labute approximate surface area is 65.6 Å². The maximum Gasteiger partial charge on any atom is 0.507 e. The minimum atomic E-state index is -4.55. The van der Waals surface area contributed by atoms with Crippen molar-refractivity contribution in [3.8, 4) is 0 Å². The molecule has 0 aromatic carbocycles. The van der Waals surface area contributed by atoms with Crippen molar-refractivity contribution < 1.29 is 13.2 Å². The quantitative estimate of drug-likeness (QED) is 0.690. The highest BCUT2D eigenvalue weighted by atomic mass is 19.4. The van der Waals surface area contributed by atoms with Crippen molar-refractivity contribution in [3.05, 3.63) is 5.82 Å². The van der Waals surface area contributed by atoms with Gasteiger partial charge in [0.2, 0.25) is 0 Å². The summed E-state index contributed by atoms with van der Waals surface area (Å²) >= 11 is 0. The topological polar surface area (TPSA) is 55.6 Å². The molecular formula is C4H6F3N5. The van der Waals surface area contributed by atoms with Crippen LogP contribution in [-0.2, 0) is 12.8 Å². The van der Waals surface area contributed by atoms with Gasteiger partial charge in [0.15, 0.2) is 5.82 Å². The number of rotatable bonds is 2. The van der Waals surface area contributed by atoms with Gasteiger partial charge in [-0.2, -0.15) is 0 Å². The smallest absolute Gasteiger partial charge is 0.313 e. The molecule has 0 saturated carbocycles. The number of hydrogen-bond donors (Lipinski definition) is 1. The average molecular weight is 181 g/mol. The minimum Gasteiger partial charge on any atom is -0.313 e. The third kappa shape index (κ3) is 1.70. The summed E-state index contributed by atoms with van der Waals surface area (Å²) in [6, 6.07) is 0. The summed E-state index contributed by atoms with van der Waals surface area (Å²) in [7, 11) is 1.51. The normalized spacial score (nSPS) is 12.0. The van der Waals surface area contributed by atoms with Crippen molar-refractivity contribution in [1.82, 2.24) is 25.5 Å². The van der Waals surface area contributed by atoms with Crippen molar-refractivity contribution in [2.75, 3.05) is 7.05 Å². The second kappa shape index (κ2) is 3.05. The van der Waals surface area contributed by atoms with E-state index in [1.54, 1.807) is 0 Å². The van der Waals surface area contributed by atoms with Crippen molar-refractivity contribution in [1.29, 1.82) is 0 Å². The molecule has 0 aliphatic rings. The maximum atomic E-state index is 12.0. The van der Waals surface area contributed by atoms with Gasteiger partial charge in [0, 0.05) is 0 Å². The zero-order valence-electron chi connectivity index (χ0n) is 6.13. The van der Waals surface area contributed by atoms with Gasteiger partial charge in [-0.05, 0) is 17.5 Å². The van der Waals surface area contributed by atoms with Crippen LogP contribution in [0.15, 0.2) is 0 Å². The molecule has 8 heteroatoms. The van der Waals surface area contributed by atoms with Crippen LogP contribution in [0.4, 0.5) is 13.2 Å². The molecule has 0 unspecified atom stereocenters. The molecule has 0 radical (unpaired) electrons. The molecule has 0 saturated heterocycles. The number of nitrogens with one attached hydrogen (secondary N) is 1. The first-order valence-electron chi connectivity index (χ1n) is 3.04. The van der Waals surface area contributed by atoms with E-state index in [-0.39, 0.29) is 17.1 Å². The fraction of sp³-hybridized carbons (Fsp3) is 0.750. The first-order valence-corrected chi connectivity index (χ1v) is 3.04. The fourth-order valence-corrected chi connectivity index (χ4v) is 0.671. The van der Waals surface area contributed by atoms with Crippen LogP contribution in [0.25, 0.3) is 0 Å². The van der Waals surface area contributed by atoms with Gasteiger partial charge in [-0.3, -0.25) is 0 Å². The first kappa shape index (κ1) is 8.91. The minimum absolute atomic E-state index is 0.0213. The van der Waals surface area contributed by atoms with Crippen LogP contribution < -0.4 is 5.32 Å². The van der Waals surface area contributed by atoms with Crippen LogP contribution in [0.5, 0.6) is 0 Å². The van der Waals surface area contributed by atoms with Gasteiger partial charge in [-0.15, -0.1) is 23.0 Å². The Bertz CT molecular complexity index is 253. The van der Waals surface area contributed by atoms with Crippen LogP contribution in [0.3, 0.4) is 0 Å². The predicted octanol–water partition coefficient (Wildman–Crippen LogP) is -0.131. The molecule has 12 heavy (non-hydrogen) atoms. The molecule has 0 bridgehead atoms. The van der Waals surface area contributed by atoms with E-state index < -0.39 is 6.30 Å². The van der Waals surface area contributed by atoms with Gasteiger partial charge in [0.05, 0.1) is 6.54 Å². The van der Waals surface area contributed by atoms with E-state index in [1.165, 1.54) is 7.05 Å². The van der Waals surface area contributed by atoms with E-state index in [9.17, 15) is 13.2 Å². The van der Waals surface area contributed by atoms with Gasteiger partial charge in [-0.25, -0.2) is 0 Å². The largest absolute Gasteiger partial charge is 0.507 e. The van der Waals surface area contributed by atoms with E-state index in [0.29, 0.717) is 0 Å². The van der Waals surface area contributed by atoms with Crippen molar-refractivity contribution in [2.45, 2.75) is 12.8 Å². The summed E-state index contributed by atoms with van der Waals surface area (Å²) in [6.45, 7) is -0.0213. The number of aromatic nitrogens is 4. The van der Waals surface area contributed by atoms with Gasteiger partial charge in [0.1, 0.15) is 0 Å². The Hall–Kier alpha value is -1.18. The maximum absolute atomic E-state index is 12.0. The standard InChI is InChI=1S/C4H6F3N5/c1-8-2-3-9-10-11-12(3)4(5,6)7/h8H,2H2,1H3. The van der Waals surface area contributed by atoms with Crippen LogP contribution >= 0.6 is 0 Å². The van der Waals surface area contributed by atoms with Gasteiger partial charge in [-0.1, -0.05) is 0 Å². The van der Waals surface area contributed by atoms with Crippen LogP contribution in [0.1, 0.15) is 5.82 Å². The third-order valence-electron chi connectivity index (χ3n) is 1.11. The number of hydrogen-bond acceptors (Lipinski definition) is 4. The van der Waals surface area contributed by atoms with Crippen molar-refractivity contribution in [2.24, 2.45) is 0 Å². The summed E-state index contributed by atoms with van der Waals surface area (Å²) in [4.78, 5) is 0. The van der Waals surface area contributed by atoms with Gasteiger partial charge < -0.3 is 5.32 Å². The zero-order valence-corrected chi connectivity index (χ0v) is 6.13. The number of nitrogens with zero attached hydrogens (tertiary/aromatic N) is 4. The summed E-state index contributed by atoms with van der Waals surface area (Å²) in [6.07, 6.45) is -4.55. The number of halogens is 3. The molecule has 1 aromatic heterocycles. The molecule has 0 amide bonds. The molecule has 1 rings (SSSR count). The van der Waals surface area contributed by atoms with Gasteiger partial charge >= 0.3 is 6.30 Å². The Kier molecular flexibility index (Phi) is 2.27. The Balaban J connectivity index is 2.91. The van der Waals surface area contributed by atoms with Crippen molar-refractivity contribution >= 4 is 0 Å². The summed E-state index contributed by atoms with van der Waals surface area (Å²) in [5.41, 5.74) is 0. The predicted molar refractivity (Wildman–Crippen MR) is 31.9 cm³/mol. The molecule has 0 spiro atoms. The monoisotopic (exact) mass is 181 g/mol. The lowest BCUT2D eigenvalue weighted by atomic mass is 10.6. The SMILES string of the molecule is CNCc1nnnn1C(F)(F)F. The molecule has 68 valence electrons. The molecule has 0 atom stereocenters. The van der Waals surface area contributed by atoms with Gasteiger partial charge in [0.25, 0.3) is 0 Å². The summed E-state index contributed by atoms with van der Waals surface area (Å²) < 4.78 is 35.8. The number of alkyl halides is 3. The highest BCUT2D eigenvalue weighted by Crippen LogP contribution is 2.21. The second-order valence-corrected chi connectivity index (χ2v) is 2.01. The Morgan fingerprint density at radius 2 is 2.17 bits per heavy atom. The summed E-state index contributed by atoms with van der Waals surface area (Å²) in [5, 5.41) is 11.4. The lowest BCUT2D eigenvalue weighted by Gasteiger charge is -2.06. The zero-order chi connectivity index (χ0) is 9.19. The lowest BCUT2D eigenvalue weighted by Crippen LogP contribution is -2.23. The highest BCUT2D eigenvalue weighted by molar-refractivity contribution is 4.80. The molecule has 1 heterocycles. The Morgan fingerprint density at radius 3 is 2.67 bits per heavy atom. The van der Waals surface area contributed by atoms with E-state index in [4.69, 9.17) is 0 Å². The molecule has 1 aromatic rings. The molecular weight excluding hydrogens is 175 g/mol. The van der Waals surface area contributed by atoms with Crippen LogP contribution in [0.2, 0.25) is 0 Å².